The summed E-state index contributed by atoms with van der Waals surface area (Å²) in [6, 6.07) is 5.17. The molecule has 0 atom stereocenters. The van der Waals surface area contributed by atoms with Crippen molar-refractivity contribution in [2.75, 3.05) is 0 Å². The van der Waals surface area contributed by atoms with Gasteiger partial charge in [-0.1, -0.05) is 12.1 Å². The second-order valence-corrected chi connectivity index (χ2v) is 3.33. The molecule has 0 aromatic heterocycles. The standard InChI is InChI=1S/C6H6O4S.Li.H/c7-5-3-1-2-4-6(5)11(8,9)10;;/h1-4,7H,(H,8,9,10);;/q;+1;-1. The van der Waals surface area contributed by atoms with E-state index in [-0.39, 0.29) is 20.3 Å². The first kappa shape index (κ1) is 11.5. The first-order chi connectivity index (χ1) is 5.02. The van der Waals surface area contributed by atoms with E-state index >= 15 is 0 Å². The molecule has 2 N–H and O–H groups in total. The third kappa shape index (κ3) is 2.54. The minimum absolute atomic E-state index is 0. The number of rotatable bonds is 1. The third-order valence-corrected chi connectivity index (χ3v) is 2.04. The van der Waals surface area contributed by atoms with Crippen LogP contribution in [0.25, 0.3) is 0 Å². The number of benzene rings is 1. The number of phenolic OH excluding ortho intramolecular Hbond substituents is 1. The monoisotopic (exact) mass is 182 g/mol. The molecule has 1 rings (SSSR count). The van der Waals surface area contributed by atoms with Crippen LogP contribution in [0.1, 0.15) is 1.43 Å². The molecule has 0 heterocycles. The summed E-state index contributed by atoms with van der Waals surface area (Å²) in [5, 5.41) is 8.91. The van der Waals surface area contributed by atoms with E-state index in [2.05, 4.69) is 0 Å². The van der Waals surface area contributed by atoms with Gasteiger partial charge in [0.05, 0.1) is 0 Å². The summed E-state index contributed by atoms with van der Waals surface area (Å²) in [5.41, 5.74) is 0. The van der Waals surface area contributed by atoms with E-state index in [1.165, 1.54) is 18.2 Å². The first-order valence-electron chi connectivity index (χ1n) is 2.77. The normalized spacial score (nSPS) is 10.4. The van der Waals surface area contributed by atoms with Crippen LogP contribution in [0, 0.1) is 0 Å². The molecule has 0 aliphatic rings. The summed E-state index contributed by atoms with van der Waals surface area (Å²) in [7, 11) is -4.28. The molecule has 0 unspecified atom stereocenters. The Morgan fingerprint density at radius 2 is 1.75 bits per heavy atom. The minimum atomic E-state index is -4.28. The second-order valence-electron chi connectivity index (χ2n) is 1.94. The Morgan fingerprint density at radius 1 is 1.25 bits per heavy atom. The van der Waals surface area contributed by atoms with Crippen LogP contribution in [0.2, 0.25) is 0 Å². The van der Waals surface area contributed by atoms with Gasteiger partial charge in [0.2, 0.25) is 0 Å². The summed E-state index contributed by atoms with van der Waals surface area (Å²) in [6.45, 7) is 0. The van der Waals surface area contributed by atoms with Crippen LogP contribution in [-0.4, -0.2) is 18.1 Å². The number of para-hydroxylation sites is 1. The van der Waals surface area contributed by atoms with Crippen LogP contribution in [-0.2, 0) is 10.1 Å². The zero-order valence-electron chi connectivity index (χ0n) is 7.43. The van der Waals surface area contributed by atoms with E-state index < -0.39 is 20.8 Å². The van der Waals surface area contributed by atoms with Crippen molar-refractivity contribution in [3.05, 3.63) is 24.3 Å². The molecular formula is C6H7LiO4S. The van der Waals surface area contributed by atoms with Crippen LogP contribution in [0.5, 0.6) is 5.75 Å². The molecule has 12 heavy (non-hydrogen) atoms. The Balaban J connectivity index is 0. The number of aromatic hydroxyl groups is 1. The maximum Gasteiger partial charge on any atom is 1.00 e. The van der Waals surface area contributed by atoms with Crippen LogP contribution in [0.3, 0.4) is 0 Å². The Labute approximate surface area is 83.6 Å². The zero-order valence-corrected chi connectivity index (χ0v) is 7.25. The minimum Gasteiger partial charge on any atom is -1.00 e. The van der Waals surface area contributed by atoms with Crippen molar-refractivity contribution in [1.82, 2.24) is 0 Å². The molecule has 1 aromatic rings. The van der Waals surface area contributed by atoms with E-state index in [0.717, 1.165) is 6.07 Å². The SMILES string of the molecule is O=S(=O)(O)c1ccccc1O.[H-].[Li+]. The third-order valence-electron chi connectivity index (χ3n) is 1.14. The fourth-order valence-electron chi connectivity index (χ4n) is 0.675. The maximum atomic E-state index is 10.4. The molecule has 0 fully saturated rings. The molecule has 6 heteroatoms. The largest absolute Gasteiger partial charge is 1.00 e. The van der Waals surface area contributed by atoms with Gasteiger partial charge < -0.3 is 6.53 Å². The zero-order chi connectivity index (χ0) is 8.48. The first-order valence-corrected chi connectivity index (χ1v) is 4.21. The van der Waals surface area contributed by atoms with Crippen molar-refractivity contribution < 1.29 is 38.4 Å². The quantitative estimate of drug-likeness (QED) is 0.380. The predicted molar refractivity (Wildman–Crippen MR) is 39.0 cm³/mol. The van der Waals surface area contributed by atoms with Gasteiger partial charge in [-0.15, -0.1) is 0 Å². The average Bonchev–Trinajstić information content (AvgIpc) is 1.86. The smallest absolute Gasteiger partial charge is 1.00 e. The van der Waals surface area contributed by atoms with Gasteiger partial charge in [0.1, 0.15) is 10.6 Å². The van der Waals surface area contributed by atoms with Gasteiger partial charge in [-0.25, -0.2) is 0 Å². The van der Waals surface area contributed by atoms with Crippen LogP contribution in [0.15, 0.2) is 29.2 Å². The maximum absolute atomic E-state index is 10.4. The van der Waals surface area contributed by atoms with Crippen molar-refractivity contribution >= 4 is 10.1 Å². The average molecular weight is 182 g/mol. The van der Waals surface area contributed by atoms with Crippen molar-refractivity contribution in [2.45, 2.75) is 4.90 Å². The topological polar surface area (TPSA) is 74.6 Å². The summed E-state index contributed by atoms with van der Waals surface area (Å²) in [4.78, 5) is -0.472. The number of phenols is 1. The molecule has 0 amide bonds. The number of hydrogen-bond acceptors (Lipinski definition) is 3. The van der Waals surface area contributed by atoms with Gasteiger partial charge >= 0.3 is 18.9 Å². The number of hydrogen-bond donors (Lipinski definition) is 2. The Bertz CT molecular complexity index is 365. The van der Waals surface area contributed by atoms with Gasteiger partial charge in [-0.05, 0) is 12.1 Å². The van der Waals surface area contributed by atoms with E-state index in [1.54, 1.807) is 0 Å². The summed E-state index contributed by atoms with van der Waals surface area (Å²) in [6.07, 6.45) is 0. The second kappa shape index (κ2) is 3.96. The molecule has 1 aromatic carbocycles. The van der Waals surface area contributed by atoms with Crippen LogP contribution >= 0.6 is 0 Å². The van der Waals surface area contributed by atoms with Crippen molar-refractivity contribution in [1.29, 1.82) is 0 Å². The van der Waals surface area contributed by atoms with Gasteiger partial charge in [0.25, 0.3) is 10.1 Å². The molecule has 0 saturated carbocycles. The van der Waals surface area contributed by atoms with Crippen molar-refractivity contribution in [2.24, 2.45) is 0 Å². The van der Waals surface area contributed by atoms with Gasteiger partial charge in [0.15, 0.2) is 0 Å². The van der Waals surface area contributed by atoms with Crippen molar-refractivity contribution in [3.8, 4) is 5.75 Å². The molecule has 0 aliphatic heterocycles. The summed E-state index contributed by atoms with van der Waals surface area (Å²) in [5.74, 6) is -0.449. The Kier molecular flexibility index (Phi) is 3.81. The summed E-state index contributed by atoms with van der Waals surface area (Å²) >= 11 is 0. The molecular weight excluding hydrogens is 175 g/mol. The molecule has 0 spiro atoms. The van der Waals surface area contributed by atoms with E-state index in [0.29, 0.717) is 0 Å². The molecule has 62 valence electrons. The van der Waals surface area contributed by atoms with E-state index in [1.807, 2.05) is 0 Å². The predicted octanol–water partition coefficient (Wildman–Crippen LogP) is -2.24. The Hall–Kier alpha value is -0.473. The van der Waals surface area contributed by atoms with Crippen molar-refractivity contribution in [3.63, 3.8) is 0 Å². The van der Waals surface area contributed by atoms with Gasteiger partial charge in [-0.3, -0.25) is 4.55 Å². The molecule has 0 saturated heterocycles. The summed E-state index contributed by atoms with van der Waals surface area (Å²) < 4.78 is 29.4. The van der Waals surface area contributed by atoms with Crippen LogP contribution in [0.4, 0.5) is 0 Å². The Morgan fingerprint density at radius 3 is 2.08 bits per heavy atom. The fraction of sp³-hybridized carbons (Fsp3) is 0. The molecule has 0 aliphatic carbocycles. The molecule has 4 nitrogen and oxygen atoms in total. The molecule has 0 bridgehead atoms. The van der Waals surface area contributed by atoms with Gasteiger partial charge in [0, 0.05) is 0 Å². The van der Waals surface area contributed by atoms with E-state index in [9.17, 15) is 8.42 Å². The van der Waals surface area contributed by atoms with Gasteiger partial charge in [-0.2, -0.15) is 8.42 Å². The van der Waals surface area contributed by atoms with E-state index in [4.69, 9.17) is 9.66 Å². The molecule has 0 radical (unpaired) electrons. The fourth-order valence-corrected chi connectivity index (χ4v) is 1.26. The van der Waals surface area contributed by atoms with Crippen LogP contribution < -0.4 is 18.9 Å².